The average molecular weight is 274 g/mol. The molecule has 2 heterocycles. The molecule has 4 nitrogen and oxygen atoms in total. The molecule has 0 atom stereocenters. The van der Waals surface area contributed by atoms with Crippen LogP contribution in [0.25, 0.3) is 0 Å². The molecule has 1 aromatic carbocycles. The number of ether oxygens (including phenoxy) is 1. The van der Waals surface area contributed by atoms with Crippen LogP contribution in [0.4, 0.5) is 4.79 Å². The van der Waals surface area contributed by atoms with Crippen molar-refractivity contribution in [2.45, 2.75) is 25.7 Å². The van der Waals surface area contributed by atoms with E-state index in [2.05, 4.69) is 12.1 Å². The largest absolute Gasteiger partial charge is 0.497 e. The van der Waals surface area contributed by atoms with Crippen molar-refractivity contribution in [3.05, 3.63) is 29.3 Å². The molecular formula is C16H22N2O2. The molecule has 108 valence electrons. The van der Waals surface area contributed by atoms with E-state index in [4.69, 9.17) is 4.74 Å². The standard InChI is InChI=1S/C16H22N2O2/c1-20-15-5-4-13-6-10-18(11-7-14(13)12-15)16(19)17-8-2-3-9-17/h4-5,12H,2-3,6-11H2,1H3. The Morgan fingerprint density at radius 2 is 1.65 bits per heavy atom. The van der Waals surface area contributed by atoms with Crippen molar-refractivity contribution >= 4 is 6.03 Å². The van der Waals surface area contributed by atoms with Crippen LogP contribution in [-0.2, 0) is 12.8 Å². The van der Waals surface area contributed by atoms with E-state index in [0.29, 0.717) is 0 Å². The number of benzene rings is 1. The van der Waals surface area contributed by atoms with Gasteiger partial charge >= 0.3 is 6.03 Å². The van der Waals surface area contributed by atoms with Gasteiger partial charge in [0.1, 0.15) is 5.75 Å². The fraction of sp³-hybridized carbons (Fsp3) is 0.562. The van der Waals surface area contributed by atoms with E-state index >= 15 is 0 Å². The highest BCUT2D eigenvalue weighted by molar-refractivity contribution is 5.75. The van der Waals surface area contributed by atoms with Crippen LogP contribution in [0.15, 0.2) is 18.2 Å². The third-order valence-corrected chi connectivity index (χ3v) is 4.36. The van der Waals surface area contributed by atoms with Crippen molar-refractivity contribution in [3.63, 3.8) is 0 Å². The molecule has 2 aliphatic rings. The number of nitrogens with zero attached hydrogens (tertiary/aromatic N) is 2. The minimum absolute atomic E-state index is 0.224. The summed E-state index contributed by atoms with van der Waals surface area (Å²) in [5.41, 5.74) is 2.67. The number of amides is 2. The molecule has 2 amide bonds. The lowest BCUT2D eigenvalue weighted by Gasteiger charge is -2.26. The topological polar surface area (TPSA) is 32.8 Å². The minimum atomic E-state index is 0.224. The number of carbonyl (C=O) groups is 1. The van der Waals surface area contributed by atoms with Gasteiger partial charge in [0.25, 0.3) is 0 Å². The highest BCUT2D eigenvalue weighted by Gasteiger charge is 2.25. The first-order valence-electron chi connectivity index (χ1n) is 7.47. The summed E-state index contributed by atoms with van der Waals surface area (Å²) in [6, 6.07) is 6.48. The summed E-state index contributed by atoms with van der Waals surface area (Å²) in [5.74, 6) is 0.906. The van der Waals surface area contributed by atoms with Gasteiger partial charge in [-0.1, -0.05) is 6.07 Å². The summed E-state index contributed by atoms with van der Waals surface area (Å²) in [7, 11) is 1.70. The van der Waals surface area contributed by atoms with Gasteiger partial charge in [-0.05, 0) is 48.9 Å². The van der Waals surface area contributed by atoms with Crippen LogP contribution < -0.4 is 4.74 Å². The Kier molecular flexibility index (Phi) is 3.81. The molecule has 1 fully saturated rings. The zero-order valence-electron chi connectivity index (χ0n) is 12.1. The molecular weight excluding hydrogens is 252 g/mol. The Bertz CT molecular complexity index is 495. The number of carbonyl (C=O) groups excluding carboxylic acids is 1. The molecule has 1 saturated heterocycles. The minimum Gasteiger partial charge on any atom is -0.497 e. The number of likely N-dealkylation sites (tertiary alicyclic amines) is 1. The fourth-order valence-corrected chi connectivity index (χ4v) is 3.13. The van der Waals surface area contributed by atoms with Crippen molar-refractivity contribution in [1.29, 1.82) is 0 Å². The van der Waals surface area contributed by atoms with Crippen molar-refractivity contribution < 1.29 is 9.53 Å². The predicted octanol–water partition coefficient (Wildman–Crippen LogP) is 2.31. The van der Waals surface area contributed by atoms with Gasteiger partial charge in [-0.25, -0.2) is 4.79 Å². The lowest BCUT2D eigenvalue weighted by Crippen LogP contribution is -2.42. The van der Waals surface area contributed by atoms with Gasteiger partial charge < -0.3 is 14.5 Å². The maximum Gasteiger partial charge on any atom is 0.320 e. The average Bonchev–Trinajstić information content (AvgIpc) is 2.93. The molecule has 20 heavy (non-hydrogen) atoms. The molecule has 0 bridgehead atoms. The quantitative estimate of drug-likeness (QED) is 0.787. The lowest BCUT2D eigenvalue weighted by molar-refractivity contribution is 0.164. The molecule has 1 aromatic rings. The zero-order chi connectivity index (χ0) is 13.9. The fourth-order valence-electron chi connectivity index (χ4n) is 3.13. The molecule has 0 aliphatic carbocycles. The van der Waals surface area contributed by atoms with E-state index in [9.17, 15) is 4.79 Å². The van der Waals surface area contributed by atoms with E-state index in [-0.39, 0.29) is 6.03 Å². The van der Waals surface area contributed by atoms with E-state index < -0.39 is 0 Å². The third kappa shape index (κ3) is 2.60. The number of methoxy groups -OCH3 is 1. The van der Waals surface area contributed by atoms with Gasteiger partial charge in [0.2, 0.25) is 0 Å². The second-order valence-electron chi connectivity index (χ2n) is 5.60. The van der Waals surface area contributed by atoms with Crippen LogP contribution in [-0.4, -0.2) is 49.1 Å². The van der Waals surface area contributed by atoms with Gasteiger partial charge in [0, 0.05) is 26.2 Å². The zero-order valence-corrected chi connectivity index (χ0v) is 12.1. The Hall–Kier alpha value is -1.71. The maximum absolute atomic E-state index is 12.5. The Morgan fingerprint density at radius 1 is 1.00 bits per heavy atom. The van der Waals surface area contributed by atoms with Gasteiger partial charge in [0.05, 0.1) is 7.11 Å². The van der Waals surface area contributed by atoms with Gasteiger partial charge in [-0.2, -0.15) is 0 Å². The summed E-state index contributed by atoms with van der Waals surface area (Å²) in [4.78, 5) is 16.5. The van der Waals surface area contributed by atoms with Gasteiger partial charge in [-0.3, -0.25) is 0 Å². The van der Waals surface area contributed by atoms with Crippen LogP contribution in [0.2, 0.25) is 0 Å². The van der Waals surface area contributed by atoms with Crippen LogP contribution in [0.1, 0.15) is 24.0 Å². The van der Waals surface area contributed by atoms with Crippen molar-refractivity contribution in [2.75, 3.05) is 33.3 Å². The molecule has 0 N–H and O–H groups in total. The Morgan fingerprint density at radius 3 is 2.35 bits per heavy atom. The van der Waals surface area contributed by atoms with Crippen LogP contribution >= 0.6 is 0 Å². The molecule has 0 spiro atoms. The first kappa shape index (κ1) is 13.3. The molecule has 0 unspecified atom stereocenters. The maximum atomic E-state index is 12.5. The normalized spacial score (nSPS) is 18.6. The second kappa shape index (κ2) is 5.73. The molecule has 4 heteroatoms. The van der Waals surface area contributed by atoms with E-state index in [1.54, 1.807) is 7.11 Å². The van der Waals surface area contributed by atoms with Crippen molar-refractivity contribution in [2.24, 2.45) is 0 Å². The van der Waals surface area contributed by atoms with Gasteiger partial charge in [0.15, 0.2) is 0 Å². The summed E-state index contributed by atoms with van der Waals surface area (Å²) in [5, 5.41) is 0. The Labute approximate surface area is 120 Å². The highest BCUT2D eigenvalue weighted by Crippen LogP contribution is 2.22. The molecule has 0 aromatic heterocycles. The summed E-state index contributed by atoms with van der Waals surface area (Å²) in [6.07, 6.45) is 4.17. The Balaban J connectivity index is 1.70. The number of hydrogen-bond donors (Lipinski definition) is 0. The summed E-state index contributed by atoms with van der Waals surface area (Å²) < 4.78 is 5.29. The van der Waals surface area contributed by atoms with E-state index in [1.165, 1.54) is 11.1 Å². The monoisotopic (exact) mass is 274 g/mol. The number of urea groups is 1. The second-order valence-corrected chi connectivity index (χ2v) is 5.60. The summed E-state index contributed by atoms with van der Waals surface area (Å²) >= 11 is 0. The SMILES string of the molecule is COc1ccc2c(c1)CCN(C(=O)N1CCCC1)CC2. The van der Waals surface area contributed by atoms with Gasteiger partial charge in [-0.15, -0.1) is 0 Å². The molecule has 2 aliphatic heterocycles. The number of fused-ring (bicyclic) bond motifs is 1. The van der Waals surface area contributed by atoms with E-state index in [0.717, 1.165) is 57.6 Å². The predicted molar refractivity (Wildman–Crippen MR) is 78.2 cm³/mol. The van der Waals surface area contributed by atoms with E-state index in [1.807, 2.05) is 15.9 Å². The number of rotatable bonds is 1. The lowest BCUT2D eigenvalue weighted by atomic mass is 10.0. The number of hydrogen-bond acceptors (Lipinski definition) is 2. The van der Waals surface area contributed by atoms with Crippen LogP contribution in [0.5, 0.6) is 5.75 Å². The van der Waals surface area contributed by atoms with Crippen molar-refractivity contribution in [3.8, 4) is 5.75 Å². The molecule has 0 saturated carbocycles. The summed E-state index contributed by atoms with van der Waals surface area (Å²) in [6.45, 7) is 3.50. The van der Waals surface area contributed by atoms with Crippen molar-refractivity contribution in [1.82, 2.24) is 9.80 Å². The first-order valence-corrected chi connectivity index (χ1v) is 7.47. The van der Waals surface area contributed by atoms with Crippen LogP contribution in [0, 0.1) is 0 Å². The van der Waals surface area contributed by atoms with Crippen LogP contribution in [0.3, 0.4) is 0 Å². The highest BCUT2D eigenvalue weighted by atomic mass is 16.5. The molecule has 3 rings (SSSR count). The third-order valence-electron chi connectivity index (χ3n) is 4.36. The molecule has 0 radical (unpaired) electrons. The smallest absolute Gasteiger partial charge is 0.320 e. The first-order chi connectivity index (χ1) is 9.78.